The lowest BCUT2D eigenvalue weighted by Gasteiger charge is -2.21. The number of hydrogen-bond acceptors (Lipinski definition) is 7. The van der Waals surface area contributed by atoms with Crippen LogP contribution in [0.5, 0.6) is 0 Å². The summed E-state index contributed by atoms with van der Waals surface area (Å²) in [6.07, 6.45) is 2.87. The Hall–Kier alpha value is -3.97. The highest BCUT2D eigenvalue weighted by molar-refractivity contribution is 5.94. The van der Waals surface area contributed by atoms with Crippen molar-refractivity contribution in [1.82, 2.24) is 20.9 Å². The maximum Gasteiger partial charge on any atom is 0.326 e. The first-order chi connectivity index (χ1) is 17.1. The van der Waals surface area contributed by atoms with Crippen LogP contribution < -0.4 is 33.2 Å². The summed E-state index contributed by atoms with van der Waals surface area (Å²) in [6, 6.07) is 3.74. The molecular formula is C23H33N7O6. The largest absolute Gasteiger partial charge is 0.480 e. The van der Waals surface area contributed by atoms with E-state index in [0.717, 1.165) is 17.3 Å². The number of carbonyl (C=O) groups is 5. The van der Waals surface area contributed by atoms with Gasteiger partial charge in [-0.1, -0.05) is 24.6 Å². The first kappa shape index (κ1) is 28.3. The quantitative estimate of drug-likeness (QED) is 0.129. The molecule has 0 aliphatic heterocycles. The summed E-state index contributed by atoms with van der Waals surface area (Å²) in [5, 5.41) is 17.3. The van der Waals surface area contributed by atoms with E-state index in [-0.39, 0.29) is 6.42 Å². The van der Waals surface area contributed by atoms with Gasteiger partial charge in [0, 0.05) is 23.5 Å². The molecule has 1 heterocycles. The zero-order valence-electron chi connectivity index (χ0n) is 19.8. The van der Waals surface area contributed by atoms with Gasteiger partial charge in [-0.3, -0.25) is 19.2 Å². The van der Waals surface area contributed by atoms with Crippen molar-refractivity contribution in [3.63, 3.8) is 0 Å². The smallest absolute Gasteiger partial charge is 0.326 e. The second-order valence-electron chi connectivity index (χ2n) is 8.36. The van der Waals surface area contributed by atoms with Gasteiger partial charge in [-0.15, -0.1) is 0 Å². The lowest BCUT2D eigenvalue weighted by molar-refractivity contribution is -0.143. The first-order valence-corrected chi connectivity index (χ1v) is 11.5. The van der Waals surface area contributed by atoms with Crippen molar-refractivity contribution in [3.8, 4) is 0 Å². The number of carboxylic acids is 1. The van der Waals surface area contributed by atoms with Gasteiger partial charge in [0.05, 0.1) is 19.0 Å². The van der Waals surface area contributed by atoms with Crippen LogP contribution >= 0.6 is 0 Å². The monoisotopic (exact) mass is 503 g/mol. The van der Waals surface area contributed by atoms with Crippen molar-refractivity contribution >= 4 is 40.5 Å². The number of H-pyrrole nitrogens is 1. The molecule has 13 nitrogen and oxygen atoms in total. The molecule has 2 aromatic rings. The average Bonchev–Trinajstić information content (AvgIpc) is 3.24. The van der Waals surface area contributed by atoms with Gasteiger partial charge in [-0.2, -0.15) is 0 Å². The van der Waals surface area contributed by atoms with E-state index in [9.17, 15) is 29.1 Å². The molecule has 3 atom stereocenters. The molecule has 0 aliphatic carbocycles. The van der Waals surface area contributed by atoms with E-state index in [0.29, 0.717) is 24.9 Å². The van der Waals surface area contributed by atoms with Crippen LogP contribution in [0.15, 0.2) is 30.5 Å². The predicted molar refractivity (Wildman–Crippen MR) is 131 cm³/mol. The number of para-hydroxylation sites is 1. The molecule has 36 heavy (non-hydrogen) atoms. The lowest BCUT2D eigenvalue weighted by atomic mass is 10.0. The van der Waals surface area contributed by atoms with Crippen LogP contribution in [0.4, 0.5) is 0 Å². The molecule has 0 aliphatic rings. The number of nitrogens with two attached hydrogens (primary N) is 3. The van der Waals surface area contributed by atoms with Gasteiger partial charge in [0.25, 0.3) is 0 Å². The molecule has 3 unspecified atom stereocenters. The third-order valence-electron chi connectivity index (χ3n) is 5.50. The van der Waals surface area contributed by atoms with E-state index in [1.54, 1.807) is 6.20 Å². The third kappa shape index (κ3) is 8.67. The first-order valence-electron chi connectivity index (χ1n) is 11.5. The number of aromatic nitrogens is 1. The van der Waals surface area contributed by atoms with E-state index < -0.39 is 60.7 Å². The van der Waals surface area contributed by atoms with Crippen molar-refractivity contribution in [2.45, 2.75) is 50.2 Å². The van der Waals surface area contributed by atoms with Crippen molar-refractivity contribution in [1.29, 1.82) is 0 Å². The molecule has 11 N–H and O–H groups in total. The van der Waals surface area contributed by atoms with Crippen LogP contribution in [-0.2, 0) is 30.4 Å². The second kappa shape index (κ2) is 13.8. The predicted octanol–water partition coefficient (Wildman–Crippen LogP) is -1.79. The Balaban J connectivity index is 2.11. The topological polar surface area (TPSA) is 236 Å². The number of unbranched alkanes of at least 4 members (excludes halogenated alkanes) is 1. The minimum Gasteiger partial charge on any atom is -0.480 e. The van der Waals surface area contributed by atoms with Crippen LogP contribution in [0.3, 0.4) is 0 Å². The molecule has 4 amide bonds. The number of primary amides is 1. The number of amides is 4. The Kier molecular flexibility index (Phi) is 10.8. The van der Waals surface area contributed by atoms with E-state index in [1.165, 1.54) is 0 Å². The number of aromatic amines is 1. The number of aliphatic carboxylic acids is 1. The molecule has 0 radical (unpaired) electrons. The Morgan fingerprint density at radius 2 is 1.72 bits per heavy atom. The standard InChI is InChI=1S/C23H33N7O6/c24-8-4-3-6-15(25)21(33)28-12-20(32)29-17(22(34)30-18(23(35)36)10-19(26)31)9-13-11-27-16-7-2-1-5-14(13)16/h1-2,5,7,11,15,17-18,27H,3-4,6,8-10,12,24-25H2,(H2,26,31)(H,28,33)(H,29,32)(H,30,34)(H,35,36). The molecule has 2 rings (SSSR count). The van der Waals surface area contributed by atoms with E-state index in [4.69, 9.17) is 17.2 Å². The number of carboxylic acid groups (broad SMARTS) is 1. The van der Waals surface area contributed by atoms with Gasteiger partial charge >= 0.3 is 5.97 Å². The number of benzene rings is 1. The second-order valence-corrected chi connectivity index (χ2v) is 8.36. The summed E-state index contributed by atoms with van der Waals surface area (Å²) < 4.78 is 0. The van der Waals surface area contributed by atoms with Gasteiger partial charge in [0.15, 0.2) is 0 Å². The molecule has 13 heteroatoms. The zero-order chi connectivity index (χ0) is 26.7. The molecule has 0 bridgehead atoms. The van der Waals surface area contributed by atoms with Crippen LogP contribution in [0.25, 0.3) is 10.9 Å². The molecular weight excluding hydrogens is 470 g/mol. The molecule has 0 saturated carbocycles. The maximum atomic E-state index is 13.0. The molecule has 0 fully saturated rings. The maximum absolute atomic E-state index is 13.0. The minimum absolute atomic E-state index is 0.0110. The summed E-state index contributed by atoms with van der Waals surface area (Å²) in [5.41, 5.74) is 17.8. The van der Waals surface area contributed by atoms with Crippen molar-refractivity contribution in [3.05, 3.63) is 36.0 Å². The van der Waals surface area contributed by atoms with Crippen molar-refractivity contribution in [2.24, 2.45) is 17.2 Å². The van der Waals surface area contributed by atoms with Crippen LogP contribution in [0.1, 0.15) is 31.2 Å². The number of nitrogens with one attached hydrogen (secondary N) is 4. The summed E-state index contributed by atoms with van der Waals surface area (Å²) in [5.74, 6) is -4.39. The third-order valence-corrected chi connectivity index (χ3v) is 5.50. The Bertz CT molecular complexity index is 1090. The van der Waals surface area contributed by atoms with Crippen LogP contribution in [0.2, 0.25) is 0 Å². The molecule has 1 aromatic carbocycles. The van der Waals surface area contributed by atoms with Gasteiger partial charge in [-0.25, -0.2) is 4.79 Å². The van der Waals surface area contributed by atoms with Crippen molar-refractivity contribution in [2.75, 3.05) is 13.1 Å². The SMILES string of the molecule is NCCCCC(N)C(=O)NCC(=O)NC(Cc1c[nH]c2ccccc12)C(=O)NC(CC(N)=O)C(=O)O. The minimum atomic E-state index is -1.57. The molecule has 196 valence electrons. The summed E-state index contributed by atoms with van der Waals surface area (Å²) in [4.78, 5) is 63.4. The molecule has 0 saturated heterocycles. The fourth-order valence-corrected chi connectivity index (χ4v) is 3.59. The van der Waals surface area contributed by atoms with Gasteiger partial charge in [0.1, 0.15) is 12.1 Å². The zero-order valence-corrected chi connectivity index (χ0v) is 19.8. The lowest BCUT2D eigenvalue weighted by Crippen LogP contribution is -2.55. The fraction of sp³-hybridized carbons (Fsp3) is 0.435. The highest BCUT2D eigenvalue weighted by atomic mass is 16.4. The number of fused-ring (bicyclic) bond motifs is 1. The highest BCUT2D eigenvalue weighted by Crippen LogP contribution is 2.19. The van der Waals surface area contributed by atoms with Gasteiger partial charge in [0.2, 0.25) is 23.6 Å². The van der Waals surface area contributed by atoms with E-state index in [2.05, 4.69) is 20.9 Å². The molecule has 0 spiro atoms. The van der Waals surface area contributed by atoms with E-state index in [1.807, 2.05) is 24.3 Å². The molecule has 1 aromatic heterocycles. The fourth-order valence-electron chi connectivity index (χ4n) is 3.59. The number of carbonyl (C=O) groups excluding carboxylic acids is 4. The summed E-state index contributed by atoms with van der Waals surface area (Å²) >= 11 is 0. The van der Waals surface area contributed by atoms with E-state index >= 15 is 0 Å². The van der Waals surface area contributed by atoms with Crippen LogP contribution in [-0.4, -0.2) is 70.9 Å². The van der Waals surface area contributed by atoms with Crippen LogP contribution in [0, 0.1) is 0 Å². The number of rotatable bonds is 15. The van der Waals surface area contributed by atoms with Gasteiger partial charge < -0.3 is 43.2 Å². The highest BCUT2D eigenvalue weighted by Gasteiger charge is 2.28. The Labute approximate surface area is 207 Å². The van der Waals surface area contributed by atoms with Crippen molar-refractivity contribution < 1.29 is 29.1 Å². The average molecular weight is 504 g/mol. The normalized spacial score (nSPS) is 13.4. The Morgan fingerprint density at radius 3 is 2.39 bits per heavy atom. The summed E-state index contributed by atoms with van der Waals surface area (Å²) in [7, 11) is 0. The summed E-state index contributed by atoms with van der Waals surface area (Å²) in [6.45, 7) is 0.0452. The Morgan fingerprint density at radius 1 is 1.00 bits per heavy atom. The number of hydrogen-bond donors (Lipinski definition) is 8. The van der Waals surface area contributed by atoms with Gasteiger partial charge in [-0.05, 0) is 31.0 Å².